The van der Waals surface area contributed by atoms with E-state index in [-0.39, 0.29) is 17.7 Å². The third-order valence-electron chi connectivity index (χ3n) is 4.68. The van der Waals surface area contributed by atoms with Gasteiger partial charge in [0.15, 0.2) is 0 Å². The molecule has 3 unspecified atom stereocenters. The fraction of sp³-hybridized carbons (Fsp3) is 0.467. The molecule has 1 aromatic carbocycles. The van der Waals surface area contributed by atoms with E-state index in [4.69, 9.17) is 0 Å². The number of benzene rings is 1. The Hall–Kier alpha value is -1.68. The lowest BCUT2D eigenvalue weighted by Gasteiger charge is -2.37. The second-order valence-corrected chi connectivity index (χ2v) is 5.69. The Morgan fingerprint density at radius 3 is 2.63 bits per heavy atom. The quantitative estimate of drug-likeness (QED) is 0.832. The maximum absolute atomic E-state index is 11.8. The van der Waals surface area contributed by atoms with Gasteiger partial charge in [0.05, 0.1) is 11.5 Å². The summed E-state index contributed by atoms with van der Waals surface area (Å²) < 4.78 is 0. The van der Waals surface area contributed by atoms with Gasteiger partial charge in [0.2, 0.25) is 0 Å². The largest absolute Gasteiger partial charge is 0.481 e. The molecule has 1 fully saturated rings. The molecule has 100 valence electrons. The molecular weight excluding hydrogens is 242 g/mol. The van der Waals surface area contributed by atoms with Gasteiger partial charge in [0.25, 0.3) is 0 Å². The SMILES string of the molecule is CC(=O)C1NCC2(C(=O)O)Cc3ccccc3CC12. The van der Waals surface area contributed by atoms with Crippen LogP contribution in [0.2, 0.25) is 0 Å². The van der Waals surface area contributed by atoms with Gasteiger partial charge in [-0.05, 0) is 30.9 Å². The molecule has 4 nitrogen and oxygen atoms in total. The monoisotopic (exact) mass is 259 g/mol. The van der Waals surface area contributed by atoms with Crippen LogP contribution in [0.1, 0.15) is 18.1 Å². The molecule has 1 aliphatic heterocycles. The molecule has 19 heavy (non-hydrogen) atoms. The van der Waals surface area contributed by atoms with Crippen LogP contribution in [-0.2, 0) is 22.4 Å². The van der Waals surface area contributed by atoms with Crippen LogP contribution in [0.15, 0.2) is 24.3 Å². The van der Waals surface area contributed by atoms with Crippen LogP contribution >= 0.6 is 0 Å². The zero-order valence-electron chi connectivity index (χ0n) is 10.8. The standard InChI is InChI=1S/C15H17NO3/c1-9(17)13-12-6-10-4-2-3-5-11(10)7-15(12,8-16-13)14(18)19/h2-5,12-13,16H,6-8H2,1H3,(H,18,19). The Morgan fingerprint density at radius 1 is 1.32 bits per heavy atom. The van der Waals surface area contributed by atoms with E-state index in [1.54, 1.807) is 0 Å². The van der Waals surface area contributed by atoms with E-state index in [0.717, 1.165) is 5.56 Å². The summed E-state index contributed by atoms with van der Waals surface area (Å²) in [6.45, 7) is 1.92. The molecule has 2 N–H and O–H groups in total. The van der Waals surface area contributed by atoms with Crippen LogP contribution in [0.5, 0.6) is 0 Å². The van der Waals surface area contributed by atoms with E-state index in [0.29, 0.717) is 19.4 Å². The van der Waals surface area contributed by atoms with Gasteiger partial charge in [-0.3, -0.25) is 9.59 Å². The van der Waals surface area contributed by atoms with Crippen LogP contribution in [0.4, 0.5) is 0 Å². The fourth-order valence-corrected chi connectivity index (χ4v) is 3.63. The number of nitrogens with one attached hydrogen (secondary N) is 1. The average Bonchev–Trinajstić information content (AvgIpc) is 2.75. The maximum atomic E-state index is 11.8. The first kappa shape index (κ1) is 12.4. The second kappa shape index (κ2) is 4.17. The molecular formula is C15H17NO3. The average molecular weight is 259 g/mol. The van der Waals surface area contributed by atoms with E-state index >= 15 is 0 Å². The van der Waals surface area contributed by atoms with Gasteiger partial charge >= 0.3 is 5.97 Å². The number of carboxylic acids is 1. The minimum absolute atomic E-state index is 0.0347. The van der Waals surface area contributed by atoms with E-state index in [9.17, 15) is 14.7 Å². The molecule has 0 amide bonds. The van der Waals surface area contributed by atoms with Crippen molar-refractivity contribution in [2.24, 2.45) is 11.3 Å². The van der Waals surface area contributed by atoms with E-state index in [1.807, 2.05) is 24.3 Å². The lowest BCUT2D eigenvalue weighted by molar-refractivity contribution is -0.151. The topological polar surface area (TPSA) is 66.4 Å². The number of hydrogen-bond acceptors (Lipinski definition) is 3. The number of hydrogen-bond donors (Lipinski definition) is 2. The first-order chi connectivity index (χ1) is 9.04. The molecule has 1 aromatic rings. The number of aliphatic carboxylic acids is 1. The van der Waals surface area contributed by atoms with Crippen molar-refractivity contribution in [2.45, 2.75) is 25.8 Å². The van der Waals surface area contributed by atoms with Crippen LogP contribution in [0.25, 0.3) is 0 Å². The van der Waals surface area contributed by atoms with Crippen molar-refractivity contribution in [2.75, 3.05) is 6.54 Å². The Morgan fingerprint density at radius 2 is 2.00 bits per heavy atom. The molecule has 0 radical (unpaired) electrons. The summed E-state index contributed by atoms with van der Waals surface area (Å²) in [5.41, 5.74) is 1.46. The number of fused-ring (bicyclic) bond motifs is 2. The summed E-state index contributed by atoms with van der Waals surface area (Å²) in [7, 11) is 0. The van der Waals surface area contributed by atoms with Crippen molar-refractivity contribution in [3.63, 3.8) is 0 Å². The van der Waals surface area contributed by atoms with Crippen molar-refractivity contribution in [1.29, 1.82) is 0 Å². The summed E-state index contributed by atoms with van der Waals surface area (Å²) in [6, 6.07) is 7.62. The highest BCUT2D eigenvalue weighted by Crippen LogP contribution is 2.45. The lowest BCUT2D eigenvalue weighted by Crippen LogP contribution is -2.46. The first-order valence-corrected chi connectivity index (χ1v) is 6.58. The van der Waals surface area contributed by atoms with Gasteiger partial charge in [0, 0.05) is 12.5 Å². The van der Waals surface area contributed by atoms with E-state index in [1.165, 1.54) is 12.5 Å². The molecule has 0 saturated carbocycles. The lowest BCUT2D eigenvalue weighted by atomic mass is 9.64. The van der Waals surface area contributed by atoms with Crippen molar-refractivity contribution in [3.05, 3.63) is 35.4 Å². The molecule has 0 aromatic heterocycles. The van der Waals surface area contributed by atoms with Crippen LogP contribution in [-0.4, -0.2) is 29.4 Å². The maximum Gasteiger partial charge on any atom is 0.311 e. The number of rotatable bonds is 2. The summed E-state index contributed by atoms with van der Waals surface area (Å²) in [6.07, 6.45) is 1.18. The highest BCUT2D eigenvalue weighted by atomic mass is 16.4. The summed E-state index contributed by atoms with van der Waals surface area (Å²) >= 11 is 0. The van der Waals surface area contributed by atoms with Crippen molar-refractivity contribution < 1.29 is 14.7 Å². The van der Waals surface area contributed by atoms with Crippen LogP contribution in [0, 0.1) is 11.3 Å². The number of ketones is 1. The van der Waals surface area contributed by atoms with Crippen molar-refractivity contribution in [1.82, 2.24) is 5.32 Å². The molecule has 3 rings (SSSR count). The number of Topliss-reactive ketones (excluding diaryl/α,β-unsaturated/α-hetero) is 1. The Kier molecular flexibility index (Phi) is 2.71. The third-order valence-corrected chi connectivity index (χ3v) is 4.68. The fourth-order valence-electron chi connectivity index (χ4n) is 3.63. The molecule has 1 saturated heterocycles. The first-order valence-electron chi connectivity index (χ1n) is 6.58. The van der Waals surface area contributed by atoms with Gasteiger partial charge in [-0.1, -0.05) is 24.3 Å². The molecule has 2 aliphatic rings. The molecule has 0 spiro atoms. The highest BCUT2D eigenvalue weighted by molar-refractivity contribution is 5.86. The van der Waals surface area contributed by atoms with Crippen molar-refractivity contribution in [3.8, 4) is 0 Å². The highest BCUT2D eigenvalue weighted by Gasteiger charge is 2.56. The van der Waals surface area contributed by atoms with Gasteiger partial charge < -0.3 is 10.4 Å². The number of carboxylic acid groups (broad SMARTS) is 1. The normalized spacial score (nSPS) is 32.5. The van der Waals surface area contributed by atoms with Gasteiger partial charge in [-0.15, -0.1) is 0 Å². The number of carbonyl (C=O) groups excluding carboxylic acids is 1. The van der Waals surface area contributed by atoms with Gasteiger partial charge in [0.1, 0.15) is 5.78 Å². The Balaban J connectivity index is 2.07. The van der Waals surface area contributed by atoms with Gasteiger partial charge in [-0.2, -0.15) is 0 Å². The Bertz CT molecular complexity index is 554. The molecule has 1 aliphatic carbocycles. The molecule has 4 heteroatoms. The van der Waals surface area contributed by atoms with E-state index < -0.39 is 11.4 Å². The smallest absolute Gasteiger partial charge is 0.311 e. The predicted octanol–water partition coefficient (Wildman–Crippen LogP) is 1.03. The number of carbonyl (C=O) groups is 2. The predicted molar refractivity (Wildman–Crippen MR) is 69.9 cm³/mol. The van der Waals surface area contributed by atoms with Crippen molar-refractivity contribution >= 4 is 11.8 Å². The molecule has 3 atom stereocenters. The minimum Gasteiger partial charge on any atom is -0.481 e. The zero-order valence-corrected chi connectivity index (χ0v) is 10.8. The van der Waals surface area contributed by atoms with Crippen LogP contribution in [0.3, 0.4) is 0 Å². The summed E-state index contributed by atoms with van der Waals surface area (Å²) in [5.74, 6) is -0.895. The zero-order chi connectivity index (χ0) is 13.6. The van der Waals surface area contributed by atoms with E-state index in [2.05, 4.69) is 5.32 Å². The summed E-state index contributed by atoms with van der Waals surface area (Å²) in [5, 5.41) is 12.8. The van der Waals surface area contributed by atoms with Gasteiger partial charge in [-0.25, -0.2) is 0 Å². The molecule has 1 heterocycles. The second-order valence-electron chi connectivity index (χ2n) is 5.69. The summed E-state index contributed by atoms with van der Waals surface area (Å²) in [4.78, 5) is 23.5. The minimum atomic E-state index is -0.829. The van der Waals surface area contributed by atoms with Crippen LogP contribution < -0.4 is 5.32 Å². The molecule has 0 bridgehead atoms. The Labute approximate surface area is 111 Å². The third kappa shape index (κ3) is 1.70.